The zero-order valence-electron chi connectivity index (χ0n) is 28.6. The lowest BCUT2D eigenvalue weighted by molar-refractivity contribution is -0.151. The summed E-state index contributed by atoms with van der Waals surface area (Å²) in [7, 11) is -3.51. The Morgan fingerprint density at radius 2 is 1.90 bits per heavy atom. The molecule has 12 heteroatoms. The maximum Gasteiger partial charge on any atom is 0.264 e. The number of aliphatic hydroxyl groups excluding tert-OH is 1. The Labute approximate surface area is 301 Å². The standard InChI is InChI=1S/C38H44BrFN4O5Si/c1-23-35(50(2,3)40)33(19-34(46)43-21-26-10-5-4-9-25(26)17-29(43)22-45)49-38(23)30-18-27(39)13-14-32(30)44(37(38)48)20-24-8-6-11-28(16-24)42-36(47)31-12-7-15-41-31/h4-6,8-11,13-14,16,18,23,29,31,33,35,41,45H,7,12,15,17,19-22H2,1-3H3,(H,42,47)/t23-,29-,31+,33+,35-,38+/m0/s1. The Hall–Kier alpha value is -3.42. The lowest BCUT2D eigenvalue weighted by Crippen LogP contribution is -2.48. The molecule has 6 atom stereocenters. The van der Waals surface area contributed by atoms with Crippen molar-refractivity contribution in [3.8, 4) is 0 Å². The van der Waals surface area contributed by atoms with Crippen molar-refractivity contribution in [1.29, 1.82) is 0 Å². The second-order valence-corrected chi connectivity index (χ2v) is 19.4. The summed E-state index contributed by atoms with van der Waals surface area (Å²) in [5.74, 6) is -1.15. The van der Waals surface area contributed by atoms with E-state index in [0.717, 1.165) is 40.5 Å². The number of nitrogens with one attached hydrogen (secondary N) is 2. The Bertz CT molecular complexity index is 1820. The fourth-order valence-electron chi connectivity index (χ4n) is 8.78. The van der Waals surface area contributed by atoms with Gasteiger partial charge in [0.25, 0.3) is 5.91 Å². The van der Waals surface area contributed by atoms with Gasteiger partial charge in [-0.05, 0) is 85.9 Å². The van der Waals surface area contributed by atoms with Crippen LogP contribution >= 0.6 is 15.9 Å². The van der Waals surface area contributed by atoms with Gasteiger partial charge in [-0.1, -0.05) is 59.3 Å². The zero-order chi connectivity index (χ0) is 35.4. The van der Waals surface area contributed by atoms with E-state index in [1.165, 1.54) is 0 Å². The smallest absolute Gasteiger partial charge is 0.264 e. The first-order valence-electron chi connectivity index (χ1n) is 17.5. The number of rotatable bonds is 8. The first-order valence-corrected chi connectivity index (χ1v) is 21.2. The molecule has 4 aliphatic heterocycles. The van der Waals surface area contributed by atoms with Crippen LogP contribution in [0.5, 0.6) is 0 Å². The van der Waals surface area contributed by atoms with E-state index in [-0.39, 0.29) is 43.3 Å². The number of hydrogen-bond acceptors (Lipinski definition) is 6. The van der Waals surface area contributed by atoms with E-state index in [1.807, 2.05) is 73.7 Å². The number of carbonyl (C=O) groups is 3. The van der Waals surface area contributed by atoms with Crippen molar-refractivity contribution in [2.75, 3.05) is 23.4 Å². The molecule has 3 aromatic rings. The second-order valence-electron chi connectivity index (χ2n) is 14.7. The van der Waals surface area contributed by atoms with Crippen LogP contribution in [-0.4, -0.2) is 67.5 Å². The summed E-state index contributed by atoms with van der Waals surface area (Å²) in [6, 6.07) is 20.4. The highest BCUT2D eigenvalue weighted by Crippen LogP contribution is 2.60. The minimum absolute atomic E-state index is 0.0806. The Balaban J connectivity index is 1.18. The first kappa shape index (κ1) is 35.0. The summed E-state index contributed by atoms with van der Waals surface area (Å²) in [6.07, 6.45) is 1.36. The van der Waals surface area contributed by atoms with Crippen LogP contribution in [0.1, 0.15) is 48.4 Å². The van der Waals surface area contributed by atoms with Gasteiger partial charge in [0.2, 0.25) is 20.2 Å². The van der Waals surface area contributed by atoms with Crippen LogP contribution in [0.3, 0.4) is 0 Å². The van der Waals surface area contributed by atoms with E-state index in [9.17, 15) is 19.5 Å². The number of halogens is 2. The number of ether oxygens (including phenoxy) is 1. The monoisotopic (exact) mass is 762 g/mol. The van der Waals surface area contributed by atoms with E-state index in [0.29, 0.717) is 29.9 Å². The Kier molecular flexibility index (Phi) is 9.53. The van der Waals surface area contributed by atoms with Gasteiger partial charge in [0.05, 0.1) is 43.4 Å². The predicted molar refractivity (Wildman–Crippen MR) is 196 cm³/mol. The molecule has 1 spiro atoms. The molecule has 3 amide bonds. The number of hydrogen-bond donors (Lipinski definition) is 3. The van der Waals surface area contributed by atoms with Crippen LogP contribution in [0, 0.1) is 5.92 Å². The van der Waals surface area contributed by atoms with Crippen LogP contribution in [-0.2, 0) is 44.2 Å². The van der Waals surface area contributed by atoms with Crippen LogP contribution < -0.4 is 15.5 Å². The molecule has 50 heavy (non-hydrogen) atoms. The van der Waals surface area contributed by atoms with Crippen molar-refractivity contribution < 1.29 is 28.3 Å². The third kappa shape index (κ3) is 6.23. The van der Waals surface area contributed by atoms with E-state index in [2.05, 4.69) is 26.6 Å². The van der Waals surface area contributed by atoms with Gasteiger partial charge in [-0.2, -0.15) is 0 Å². The molecule has 3 aromatic carbocycles. The van der Waals surface area contributed by atoms with Crippen molar-refractivity contribution in [3.05, 3.63) is 93.5 Å². The van der Waals surface area contributed by atoms with E-state index in [1.54, 1.807) is 22.9 Å². The minimum Gasteiger partial charge on any atom is -0.394 e. The fraction of sp³-hybridized carbons (Fsp3) is 0.447. The van der Waals surface area contributed by atoms with Gasteiger partial charge in [-0.3, -0.25) is 14.4 Å². The van der Waals surface area contributed by atoms with Crippen LogP contribution in [0.4, 0.5) is 15.5 Å². The SMILES string of the molecule is C[C@H]1[C@H]([Si](C)(C)F)[C@@H](CC(=O)N2Cc3ccccc3C[C@H]2CO)O[C@]12C(=O)N(Cc1cccc(NC(=O)[C@H]3CCCN3)c1)c1ccc(Br)cc12. The van der Waals surface area contributed by atoms with Crippen molar-refractivity contribution in [2.24, 2.45) is 5.92 Å². The van der Waals surface area contributed by atoms with Gasteiger partial charge < -0.3 is 34.4 Å². The number of carbonyl (C=O) groups excluding carboxylic acids is 3. The lowest BCUT2D eigenvalue weighted by Gasteiger charge is -2.37. The number of anilines is 2. The molecule has 4 aliphatic rings. The molecule has 9 nitrogen and oxygen atoms in total. The average molecular weight is 764 g/mol. The second kappa shape index (κ2) is 13.6. The van der Waals surface area contributed by atoms with Crippen LogP contribution in [0.15, 0.2) is 71.2 Å². The van der Waals surface area contributed by atoms with Crippen LogP contribution in [0.25, 0.3) is 0 Å². The molecule has 0 aliphatic carbocycles. The quantitative estimate of drug-likeness (QED) is 0.198. The predicted octanol–water partition coefficient (Wildman–Crippen LogP) is 5.80. The summed E-state index contributed by atoms with van der Waals surface area (Å²) < 4.78 is 24.1. The minimum atomic E-state index is -3.51. The summed E-state index contributed by atoms with van der Waals surface area (Å²) in [4.78, 5) is 45.1. The van der Waals surface area contributed by atoms with Crippen molar-refractivity contribution in [3.63, 3.8) is 0 Å². The van der Waals surface area contributed by atoms with E-state index >= 15 is 4.11 Å². The fourth-order valence-corrected chi connectivity index (χ4v) is 11.6. The third-order valence-electron chi connectivity index (χ3n) is 11.1. The Morgan fingerprint density at radius 3 is 2.62 bits per heavy atom. The molecule has 0 aromatic heterocycles. The maximum absolute atomic E-state index is 16.5. The number of aliphatic hydroxyl groups is 1. The van der Waals surface area contributed by atoms with Crippen molar-refractivity contribution >= 4 is 53.4 Å². The highest BCUT2D eigenvalue weighted by molar-refractivity contribution is 9.10. The summed E-state index contributed by atoms with van der Waals surface area (Å²) in [5.41, 5.74) is 2.79. The third-order valence-corrected chi connectivity index (χ3v) is 14.0. The molecular weight excluding hydrogens is 719 g/mol. The number of benzene rings is 3. The Morgan fingerprint density at radius 1 is 1.12 bits per heavy atom. The molecule has 0 radical (unpaired) electrons. The molecule has 264 valence electrons. The summed E-state index contributed by atoms with van der Waals surface area (Å²) >= 11 is 3.59. The molecule has 4 heterocycles. The largest absolute Gasteiger partial charge is 0.394 e. The van der Waals surface area contributed by atoms with E-state index < -0.39 is 37.6 Å². The van der Waals surface area contributed by atoms with Gasteiger partial charge in [0.1, 0.15) is 0 Å². The maximum atomic E-state index is 16.5. The number of fused-ring (bicyclic) bond motifs is 3. The number of amides is 3. The van der Waals surface area contributed by atoms with Crippen molar-refractivity contribution in [2.45, 2.75) is 88.1 Å². The van der Waals surface area contributed by atoms with Gasteiger partial charge in [-0.15, -0.1) is 0 Å². The molecule has 2 fully saturated rings. The average Bonchev–Trinajstić information content (AvgIpc) is 3.78. The van der Waals surface area contributed by atoms with Gasteiger partial charge in [0, 0.05) is 33.7 Å². The van der Waals surface area contributed by atoms with Gasteiger partial charge >= 0.3 is 0 Å². The highest BCUT2D eigenvalue weighted by atomic mass is 79.9. The van der Waals surface area contributed by atoms with Crippen molar-refractivity contribution in [1.82, 2.24) is 10.2 Å². The molecule has 0 unspecified atom stereocenters. The molecule has 0 bridgehead atoms. The zero-order valence-corrected chi connectivity index (χ0v) is 31.2. The topological polar surface area (TPSA) is 111 Å². The molecule has 7 rings (SSSR count). The summed E-state index contributed by atoms with van der Waals surface area (Å²) in [6.45, 7) is 6.34. The van der Waals surface area contributed by atoms with Gasteiger partial charge in [-0.25, -0.2) is 0 Å². The number of nitrogens with zero attached hydrogens (tertiary/aromatic N) is 2. The van der Waals surface area contributed by atoms with E-state index in [4.69, 9.17) is 4.74 Å². The molecule has 3 N–H and O–H groups in total. The lowest BCUT2D eigenvalue weighted by atomic mass is 9.82. The normalized spacial score (nSPS) is 27.5. The molecule has 2 saturated heterocycles. The molecular formula is C38H44BrFN4O5Si. The highest BCUT2D eigenvalue weighted by Gasteiger charge is 2.67. The summed E-state index contributed by atoms with van der Waals surface area (Å²) in [5, 5.41) is 16.5. The molecule has 0 saturated carbocycles. The van der Waals surface area contributed by atoms with Gasteiger partial charge in [0.15, 0.2) is 5.60 Å². The van der Waals surface area contributed by atoms with Crippen LogP contribution in [0.2, 0.25) is 18.6 Å². The first-order chi connectivity index (χ1) is 23.9.